The van der Waals surface area contributed by atoms with Gasteiger partial charge in [0, 0.05) is 16.2 Å². The SMILES string of the molecule is CCCCCCc1cc(CCCCCC)cc(-c2ccc3c(c2)C2(c4ccccc4-c4ccccc42)c2cc(-c4ccc(Br)cn4)ccc2-3)c1. The summed E-state index contributed by atoms with van der Waals surface area (Å²) < 4.78 is 0.992. The maximum absolute atomic E-state index is 4.81. The van der Waals surface area contributed by atoms with Crippen molar-refractivity contribution in [3.8, 4) is 44.6 Å². The third-order valence-electron chi connectivity index (χ3n) is 11.1. The fourth-order valence-corrected chi connectivity index (χ4v) is 8.99. The van der Waals surface area contributed by atoms with Gasteiger partial charge in [-0.15, -0.1) is 0 Å². The maximum Gasteiger partial charge on any atom is 0.0725 e. The van der Waals surface area contributed by atoms with Crippen molar-refractivity contribution in [2.75, 3.05) is 0 Å². The summed E-state index contributed by atoms with van der Waals surface area (Å²) in [7, 11) is 0. The van der Waals surface area contributed by atoms with Gasteiger partial charge in [-0.1, -0.05) is 143 Å². The highest BCUT2D eigenvalue weighted by atomic mass is 79.9. The minimum atomic E-state index is -0.403. The summed E-state index contributed by atoms with van der Waals surface area (Å²) >= 11 is 3.58. The van der Waals surface area contributed by atoms with Crippen molar-refractivity contribution < 1.29 is 0 Å². The van der Waals surface area contributed by atoms with Gasteiger partial charge in [0.2, 0.25) is 0 Å². The second-order valence-electron chi connectivity index (χ2n) is 14.4. The molecule has 0 unspecified atom stereocenters. The quantitative estimate of drug-likeness (QED) is 0.115. The van der Waals surface area contributed by atoms with Crippen LogP contribution in [0.15, 0.2) is 126 Å². The lowest BCUT2D eigenvalue weighted by Crippen LogP contribution is -2.26. The van der Waals surface area contributed by atoms with Gasteiger partial charge in [0.1, 0.15) is 0 Å². The van der Waals surface area contributed by atoms with Crippen LogP contribution in [0.2, 0.25) is 0 Å². The van der Waals surface area contributed by atoms with E-state index in [0.29, 0.717) is 0 Å². The summed E-state index contributed by atoms with van der Waals surface area (Å²) in [6.07, 6.45) is 14.5. The Hall–Kier alpha value is -4.27. The zero-order valence-electron chi connectivity index (χ0n) is 29.4. The highest BCUT2D eigenvalue weighted by Crippen LogP contribution is 2.63. The minimum absolute atomic E-state index is 0.403. The molecule has 1 aromatic heterocycles. The van der Waals surface area contributed by atoms with Gasteiger partial charge in [-0.3, -0.25) is 4.98 Å². The molecular weight excluding hydrogens is 670 g/mol. The zero-order chi connectivity index (χ0) is 34.1. The monoisotopic (exact) mass is 715 g/mol. The Morgan fingerprint density at radius 1 is 0.480 bits per heavy atom. The van der Waals surface area contributed by atoms with Gasteiger partial charge >= 0.3 is 0 Å². The molecule has 50 heavy (non-hydrogen) atoms. The molecule has 0 amide bonds. The summed E-state index contributed by atoms with van der Waals surface area (Å²) in [6.45, 7) is 4.60. The largest absolute Gasteiger partial charge is 0.255 e. The Kier molecular flexibility index (Phi) is 9.32. The first kappa shape index (κ1) is 32.9. The molecule has 0 atom stereocenters. The predicted molar refractivity (Wildman–Crippen MR) is 215 cm³/mol. The Labute approximate surface area is 307 Å². The van der Waals surface area contributed by atoms with Crippen molar-refractivity contribution >= 4 is 15.9 Å². The van der Waals surface area contributed by atoms with Crippen molar-refractivity contribution in [1.82, 2.24) is 4.98 Å². The third-order valence-corrected chi connectivity index (χ3v) is 11.6. The summed E-state index contributed by atoms with van der Waals surface area (Å²) in [5.41, 5.74) is 18.2. The number of fused-ring (bicyclic) bond motifs is 10. The van der Waals surface area contributed by atoms with E-state index in [1.807, 2.05) is 6.20 Å². The molecular formula is C48H46BrN. The molecule has 1 spiro atoms. The molecule has 250 valence electrons. The highest BCUT2D eigenvalue weighted by Gasteiger charge is 2.51. The topological polar surface area (TPSA) is 12.9 Å². The van der Waals surface area contributed by atoms with Gasteiger partial charge in [-0.05, 0) is 133 Å². The lowest BCUT2D eigenvalue weighted by Gasteiger charge is -2.31. The fourth-order valence-electron chi connectivity index (χ4n) is 8.75. The average Bonchev–Trinajstić information content (AvgIpc) is 3.62. The molecule has 0 radical (unpaired) electrons. The van der Waals surface area contributed by atoms with E-state index in [4.69, 9.17) is 4.98 Å². The molecule has 2 aliphatic carbocycles. The number of rotatable bonds is 12. The fraction of sp³-hybridized carbons (Fsp3) is 0.271. The molecule has 0 aliphatic heterocycles. The van der Waals surface area contributed by atoms with E-state index >= 15 is 0 Å². The van der Waals surface area contributed by atoms with Gasteiger partial charge in [-0.25, -0.2) is 0 Å². The van der Waals surface area contributed by atoms with Crippen LogP contribution in [0.1, 0.15) is 98.6 Å². The Balaban J connectivity index is 1.31. The Morgan fingerprint density at radius 3 is 1.58 bits per heavy atom. The molecule has 2 heteroatoms. The number of hydrogen-bond acceptors (Lipinski definition) is 1. The van der Waals surface area contributed by atoms with Gasteiger partial charge in [0.05, 0.1) is 11.1 Å². The standard InChI is InChI=1S/C48H46BrN/c1-3-5-7-9-15-33-27-34(16-10-8-6-4-2)29-37(28-33)35-21-24-41-42-25-22-36(47-26-23-38(49)32-50-47)31-46(42)48(45(41)30-35)43-19-13-11-17-39(43)40-18-12-14-20-44(40)48/h11-14,17-32H,3-10,15-16H2,1-2H3. The number of aryl methyl sites for hydroxylation is 2. The number of unbranched alkanes of at least 4 members (excludes halogenated alkanes) is 6. The lowest BCUT2D eigenvalue weighted by atomic mass is 9.70. The first-order valence-corrected chi connectivity index (χ1v) is 19.6. The molecule has 0 bridgehead atoms. The van der Waals surface area contributed by atoms with Crippen LogP contribution in [0.25, 0.3) is 44.6 Å². The van der Waals surface area contributed by atoms with E-state index in [1.54, 1.807) is 0 Å². The van der Waals surface area contributed by atoms with Gasteiger partial charge in [-0.2, -0.15) is 0 Å². The zero-order valence-corrected chi connectivity index (χ0v) is 31.0. The van der Waals surface area contributed by atoms with Crippen LogP contribution in [0.4, 0.5) is 0 Å². The van der Waals surface area contributed by atoms with E-state index in [2.05, 4.69) is 145 Å². The van der Waals surface area contributed by atoms with Crippen molar-refractivity contribution in [2.45, 2.75) is 83.5 Å². The molecule has 0 N–H and O–H groups in total. The molecule has 0 saturated heterocycles. The second kappa shape index (κ2) is 14.2. The highest BCUT2D eigenvalue weighted by molar-refractivity contribution is 9.10. The van der Waals surface area contributed by atoms with Crippen molar-refractivity contribution in [3.05, 3.63) is 159 Å². The van der Waals surface area contributed by atoms with E-state index in [0.717, 1.165) is 28.6 Å². The van der Waals surface area contributed by atoms with Crippen LogP contribution in [-0.4, -0.2) is 4.98 Å². The molecule has 2 aliphatic rings. The van der Waals surface area contributed by atoms with Crippen LogP contribution >= 0.6 is 15.9 Å². The summed E-state index contributed by atoms with van der Waals surface area (Å²) in [4.78, 5) is 4.81. The number of benzene rings is 5. The Morgan fingerprint density at radius 2 is 1.02 bits per heavy atom. The molecule has 5 aromatic carbocycles. The van der Waals surface area contributed by atoms with Crippen LogP contribution in [0.5, 0.6) is 0 Å². The lowest BCUT2D eigenvalue weighted by molar-refractivity contribution is 0.661. The first-order chi connectivity index (χ1) is 24.6. The smallest absolute Gasteiger partial charge is 0.0725 e. The second-order valence-corrected chi connectivity index (χ2v) is 15.3. The normalized spacial score (nSPS) is 13.3. The number of halogens is 1. The van der Waals surface area contributed by atoms with Crippen molar-refractivity contribution in [1.29, 1.82) is 0 Å². The number of pyridine rings is 1. The predicted octanol–water partition coefficient (Wildman–Crippen LogP) is 13.8. The number of nitrogens with zero attached hydrogens (tertiary/aromatic N) is 1. The van der Waals surface area contributed by atoms with E-state index in [-0.39, 0.29) is 0 Å². The van der Waals surface area contributed by atoms with Crippen LogP contribution in [0, 0.1) is 0 Å². The maximum atomic E-state index is 4.81. The van der Waals surface area contributed by atoms with E-state index < -0.39 is 5.41 Å². The summed E-state index contributed by atoms with van der Waals surface area (Å²) in [5, 5.41) is 0. The summed E-state index contributed by atoms with van der Waals surface area (Å²) in [6, 6.07) is 44.3. The molecule has 8 rings (SSSR count). The molecule has 1 nitrogen and oxygen atoms in total. The third kappa shape index (κ3) is 5.76. The van der Waals surface area contributed by atoms with E-state index in [1.165, 1.54) is 118 Å². The molecule has 6 aromatic rings. The molecule has 0 saturated carbocycles. The van der Waals surface area contributed by atoms with Crippen LogP contribution in [0.3, 0.4) is 0 Å². The van der Waals surface area contributed by atoms with E-state index in [9.17, 15) is 0 Å². The molecule has 1 heterocycles. The van der Waals surface area contributed by atoms with Crippen molar-refractivity contribution in [3.63, 3.8) is 0 Å². The number of hydrogen-bond donors (Lipinski definition) is 0. The van der Waals surface area contributed by atoms with Crippen molar-refractivity contribution in [2.24, 2.45) is 0 Å². The number of aromatic nitrogens is 1. The minimum Gasteiger partial charge on any atom is -0.255 e. The summed E-state index contributed by atoms with van der Waals surface area (Å²) in [5.74, 6) is 0. The Bertz CT molecular complexity index is 2080. The molecule has 0 fully saturated rings. The average molecular weight is 717 g/mol. The van der Waals surface area contributed by atoms with Gasteiger partial charge < -0.3 is 0 Å². The van der Waals surface area contributed by atoms with Gasteiger partial charge in [0.25, 0.3) is 0 Å². The first-order valence-electron chi connectivity index (χ1n) is 18.9. The van der Waals surface area contributed by atoms with Crippen LogP contribution < -0.4 is 0 Å². The van der Waals surface area contributed by atoms with Crippen LogP contribution in [-0.2, 0) is 18.3 Å². The van der Waals surface area contributed by atoms with Gasteiger partial charge in [0.15, 0.2) is 0 Å².